The van der Waals surface area contributed by atoms with Crippen LogP contribution in [0.1, 0.15) is 34.9 Å². The quantitative estimate of drug-likeness (QED) is 0.339. The van der Waals surface area contributed by atoms with Gasteiger partial charge in [0, 0.05) is 35.3 Å². The molecule has 0 unspecified atom stereocenters. The van der Waals surface area contributed by atoms with E-state index in [-0.39, 0.29) is 29.1 Å². The number of aromatic nitrogens is 1. The predicted octanol–water partition coefficient (Wildman–Crippen LogP) is 4.85. The summed E-state index contributed by atoms with van der Waals surface area (Å²) in [5.41, 5.74) is 7.41. The third kappa shape index (κ3) is 4.91. The molecular formula is C31H26F3N3O5. The minimum Gasteiger partial charge on any atom is -0.468 e. The molecule has 2 aliphatic rings. The number of halogens is 3. The lowest BCUT2D eigenvalue weighted by Gasteiger charge is -2.44. The molecule has 42 heavy (non-hydrogen) atoms. The SMILES string of the molecule is COC(=O)C1=C(N)N(c2ccc(C(F)(F)F)cc2)C2=C(C(=O)[C@@H](C(=O)OC)[C@H](c3ccccc3)C2)[C@@H]1c1cccnc1. The van der Waals surface area contributed by atoms with Gasteiger partial charge in [0.05, 0.1) is 31.3 Å². The minimum atomic E-state index is -4.58. The van der Waals surface area contributed by atoms with Crippen LogP contribution in [-0.4, -0.2) is 36.9 Å². The summed E-state index contributed by atoms with van der Waals surface area (Å²) in [7, 11) is 2.34. The smallest absolute Gasteiger partial charge is 0.416 e. The summed E-state index contributed by atoms with van der Waals surface area (Å²) in [6.07, 6.45) is -1.51. The Kier molecular flexibility index (Phi) is 7.59. The molecule has 0 saturated carbocycles. The number of esters is 2. The van der Waals surface area contributed by atoms with Crippen LogP contribution in [0.2, 0.25) is 0 Å². The van der Waals surface area contributed by atoms with Gasteiger partial charge in [-0.2, -0.15) is 13.2 Å². The van der Waals surface area contributed by atoms with E-state index >= 15 is 0 Å². The average Bonchev–Trinajstić information content (AvgIpc) is 3.00. The fourth-order valence-corrected chi connectivity index (χ4v) is 5.72. The lowest BCUT2D eigenvalue weighted by atomic mass is 9.67. The molecule has 8 nitrogen and oxygen atoms in total. The number of Topliss-reactive ketones (excluding diaryl/α,β-unsaturated/α-hetero) is 1. The Balaban J connectivity index is 1.80. The summed E-state index contributed by atoms with van der Waals surface area (Å²) in [5, 5.41) is 0. The van der Waals surface area contributed by atoms with Gasteiger partial charge in [0.2, 0.25) is 0 Å². The second-order valence-corrected chi connectivity index (χ2v) is 9.84. The summed E-state index contributed by atoms with van der Waals surface area (Å²) in [5.74, 6) is -5.34. The minimum absolute atomic E-state index is 0.0811. The van der Waals surface area contributed by atoms with Gasteiger partial charge >= 0.3 is 18.1 Å². The summed E-state index contributed by atoms with van der Waals surface area (Å²) < 4.78 is 50.3. The van der Waals surface area contributed by atoms with Gasteiger partial charge in [-0.1, -0.05) is 36.4 Å². The lowest BCUT2D eigenvalue weighted by Crippen LogP contribution is -2.46. The number of carbonyl (C=O) groups is 3. The van der Waals surface area contributed by atoms with Gasteiger partial charge in [0.15, 0.2) is 5.78 Å². The normalized spacial score (nSPS) is 20.7. The molecule has 0 spiro atoms. The van der Waals surface area contributed by atoms with Crippen molar-refractivity contribution in [1.82, 2.24) is 4.98 Å². The Morgan fingerprint density at radius 2 is 1.62 bits per heavy atom. The Bertz CT molecular complexity index is 1590. The predicted molar refractivity (Wildman–Crippen MR) is 145 cm³/mol. The number of nitrogens with zero attached hydrogens (tertiary/aromatic N) is 2. The molecule has 2 aromatic carbocycles. The number of pyridine rings is 1. The molecule has 2 N–H and O–H groups in total. The highest BCUT2D eigenvalue weighted by Crippen LogP contribution is 2.51. The molecule has 0 radical (unpaired) electrons. The zero-order chi connectivity index (χ0) is 30.2. The molecule has 3 atom stereocenters. The van der Waals surface area contributed by atoms with E-state index in [1.54, 1.807) is 42.5 Å². The van der Waals surface area contributed by atoms with Crippen LogP contribution in [0.4, 0.5) is 18.9 Å². The summed E-state index contributed by atoms with van der Waals surface area (Å²) in [6.45, 7) is 0. The molecule has 1 aliphatic carbocycles. The van der Waals surface area contributed by atoms with E-state index in [0.717, 1.165) is 19.2 Å². The molecule has 216 valence electrons. The van der Waals surface area contributed by atoms with E-state index in [4.69, 9.17) is 15.2 Å². The van der Waals surface area contributed by atoms with Crippen LogP contribution in [0.25, 0.3) is 0 Å². The number of rotatable bonds is 5. The Hall–Kier alpha value is -4.93. The first-order valence-electron chi connectivity index (χ1n) is 12.9. The molecule has 3 aromatic rings. The summed E-state index contributed by atoms with van der Waals surface area (Å²) in [6, 6.07) is 16.4. The second kappa shape index (κ2) is 11.2. The number of alkyl halides is 3. The fourth-order valence-electron chi connectivity index (χ4n) is 5.72. The molecular weight excluding hydrogens is 551 g/mol. The van der Waals surface area contributed by atoms with Crippen LogP contribution >= 0.6 is 0 Å². The first kappa shape index (κ1) is 28.6. The molecule has 0 amide bonds. The van der Waals surface area contributed by atoms with E-state index in [0.29, 0.717) is 16.8 Å². The number of anilines is 1. The van der Waals surface area contributed by atoms with Gasteiger partial charge in [-0.3, -0.25) is 19.5 Å². The molecule has 2 heterocycles. The van der Waals surface area contributed by atoms with Gasteiger partial charge < -0.3 is 15.2 Å². The fraction of sp³-hybridized carbons (Fsp3) is 0.226. The third-order valence-corrected chi connectivity index (χ3v) is 7.60. The number of allylic oxidation sites excluding steroid dienone is 2. The van der Waals surface area contributed by atoms with Gasteiger partial charge in [-0.15, -0.1) is 0 Å². The van der Waals surface area contributed by atoms with Crippen LogP contribution in [0.5, 0.6) is 0 Å². The maximum absolute atomic E-state index is 14.5. The molecule has 11 heteroatoms. The topological polar surface area (TPSA) is 112 Å². The molecule has 1 aromatic heterocycles. The first-order chi connectivity index (χ1) is 20.1. The highest BCUT2D eigenvalue weighted by atomic mass is 19.4. The largest absolute Gasteiger partial charge is 0.468 e. The second-order valence-electron chi connectivity index (χ2n) is 9.84. The van der Waals surface area contributed by atoms with Crippen molar-refractivity contribution in [2.24, 2.45) is 11.7 Å². The lowest BCUT2D eigenvalue weighted by molar-refractivity contribution is -0.150. The number of ketones is 1. The van der Waals surface area contributed by atoms with Crippen molar-refractivity contribution < 1.29 is 37.0 Å². The van der Waals surface area contributed by atoms with Gasteiger partial charge in [-0.05, 0) is 47.9 Å². The number of benzene rings is 2. The standard InChI is InChI=1S/C31H26F3N3O5/c1-41-29(39)24-21(17-7-4-3-5-8-17)15-22-25(27(24)38)23(18-9-6-14-36-16-18)26(30(40)42-2)28(35)37(22)20-12-10-19(11-13-20)31(32,33)34/h3-14,16,21,23-24H,15,35H2,1-2H3/t21-,23-,24-/m0/s1. The number of ether oxygens (including phenoxy) is 2. The third-order valence-electron chi connectivity index (χ3n) is 7.60. The molecule has 5 rings (SSSR count). The van der Waals surface area contributed by atoms with Gasteiger partial charge in [-0.25, -0.2) is 4.79 Å². The highest BCUT2D eigenvalue weighted by molar-refractivity contribution is 6.14. The van der Waals surface area contributed by atoms with E-state index < -0.39 is 47.2 Å². The number of hydrogen-bond acceptors (Lipinski definition) is 8. The number of methoxy groups -OCH3 is 2. The number of hydrogen-bond donors (Lipinski definition) is 1. The monoisotopic (exact) mass is 577 g/mol. The zero-order valence-electron chi connectivity index (χ0n) is 22.6. The van der Waals surface area contributed by atoms with Crippen molar-refractivity contribution in [2.75, 3.05) is 19.1 Å². The van der Waals surface area contributed by atoms with Crippen molar-refractivity contribution in [1.29, 1.82) is 0 Å². The molecule has 0 saturated heterocycles. The number of carbonyl (C=O) groups excluding carboxylic acids is 3. The van der Waals surface area contributed by atoms with Crippen LogP contribution in [0.3, 0.4) is 0 Å². The highest BCUT2D eigenvalue weighted by Gasteiger charge is 2.51. The Morgan fingerprint density at radius 3 is 2.19 bits per heavy atom. The first-order valence-corrected chi connectivity index (χ1v) is 12.9. The Labute approximate surface area is 239 Å². The van der Waals surface area contributed by atoms with Crippen molar-refractivity contribution >= 4 is 23.4 Å². The van der Waals surface area contributed by atoms with Crippen LogP contribution in [-0.2, 0) is 30.0 Å². The molecule has 1 aliphatic heterocycles. The molecule has 0 fully saturated rings. The van der Waals surface area contributed by atoms with Crippen molar-refractivity contribution in [3.8, 4) is 0 Å². The maximum Gasteiger partial charge on any atom is 0.416 e. The van der Waals surface area contributed by atoms with Crippen LogP contribution in [0.15, 0.2) is 102 Å². The maximum atomic E-state index is 14.5. The van der Waals surface area contributed by atoms with E-state index in [2.05, 4.69) is 4.98 Å². The van der Waals surface area contributed by atoms with Crippen molar-refractivity contribution in [2.45, 2.75) is 24.4 Å². The van der Waals surface area contributed by atoms with Crippen molar-refractivity contribution in [3.05, 3.63) is 118 Å². The molecule has 0 bridgehead atoms. The van der Waals surface area contributed by atoms with Crippen LogP contribution in [0, 0.1) is 5.92 Å². The zero-order valence-corrected chi connectivity index (χ0v) is 22.6. The van der Waals surface area contributed by atoms with E-state index in [9.17, 15) is 27.6 Å². The van der Waals surface area contributed by atoms with Crippen LogP contribution < -0.4 is 10.6 Å². The average molecular weight is 578 g/mol. The van der Waals surface area contributed by atoms with Gasteiger partial charge in [0.1, 0.15) is 11.7 Å². The summed E-state index contributed by atoms with van der Waals surface area (Å²) in [4.78, 5) is 46.5. The number of nitrogens with two attached hydrogens (primary N) is 1. The van der Waals surface area contributed by atoms with Crippen molar-refractivity contribution in [3.63, 3.8) is 0 Å². The summed E-state index contributed by atoms with van der Waals surface area (Å²) >= 11 is 0. The van der Waals surface area contributed by atoms with E-state index in [1.165, 1.54) is 36.5 Å². The van der Waals surface area contributed by atoms with Gasteiger partial charge in [0.25, 0.3) is 0 Å². The van der Waals surface area contributed by atoms with E-state index in [1.807, 2.05) is 0 Å². The Morgan fingerprint density at radius 1 is 0.952 bits per heavy atom.